The van der Waals surface area contributed by atoms with Gasteiger partial charge in [-0.3, -0.25) is 14.2 Å². The first kappa shape index (κ1) is 21.7. The molecule has 5 atom stereocenters. The number of hydrogen-bond acceptors (Lipinski definition) is 9. The monoisotopic (exact) mass is 374 g/mol. The van der Waals surface area contributed by atoms with Crippen molar-refractivity contribution in [3.8, 4) is 0 Å². The van der Waals surface area contributed by atoms with Crippen LogP contribution in [0.2, 0.25) is 0 Å². The van der Waals surface area contributed by atoms with E-state index in [4.69, 9.17) is 20.7 Å². The number of carbonyl (C=O) groups is 2. The van der Waals surface area contributed by atoms with E-state index in [1.807, 2.05) is 0 Å². The fourth-order valence-electron chi connectivity index (χ4n) is 2.27. The van der Waals surface area contributed by atoms with Gasteiger partial charge >= 0.3 is 11.7 Å². The molecule has 1 saturated heterocycles. The zero-order chi connectivity index (χ0) is 18.7. The van der Waals surface area contributed by atoms with Gasteiger partial charge in [-0.05, 0) is 6.07 Å². The summed E-state index contributed by atoms with van der Waals surface area (Å²) in [6.45, 7) is -0.547. The van der Waals surface area contributed by atoms with Crippen LogP contribution in [0.1, 0.15) is 20.1 Å². The van der Waals surface area contributed by atoms with Gasteiger partial charge in [-0.2, -0.15) is 4.98 Å². The molecule has 0 aliphatic carbocycles. The summed E-state index contributed by atoms with van der Waals surface area (Å²) < 4.78 is 6.10. The number of aliphatic hydroxyl groups excluding tert-OH is 3. The summed E-state index contributed by atoms with van der Waals surface area (Å²) in [5.41, 5.74) is 4.33. The number of nitrogens with zero attached hydrogens (tertiary/aromatic N) is 2. The topological polar surface area (TPSA) is 197 Å². The second-order valence-electron chi connectivity index (χ2n) is 5.43. The van der Waals surface area contributed by atoms with Gasteiger partial charge in [0.05, 0.1) is 13.0 Å². The van der Waals surface area contributed by atoms with Crippen molar-refractivity contribution < 1.29 is 34.8 Å². The molecule has 2 heterocycles. The first-order chi connectivity index (χ1) is 11.7. The summed E-state index contributed by atoms with van der Waals surface area (Å²) in [5.74, 6) is -2.23. The Kier molecular flexibility index (Phi) is 7.35. The third kappa shape index (κ3) is 4.62. The molecule has 1 aliphatic rings. The number of nitrogens with two attached hydrogens (primary N) is 1. The van der Waals surface area contributed by atoms with Crippen molar-refractivity contribution in [1.29, 1.82) is 0 Å². The van der Waals surface area contributed by atoms with Crippen molar-refractivity contribution in [3.63, 3.8) is 0 Å². The van der Waals surface area contributed by atoms with Crippen molar-refractivity contribution in [2.24, 2.45) is 5.73 Å². The molecule has 26 heavy (non-hydrogen) atoms. The van der Waals surface area contributed by atoms with Crippen molar-refractivity contribution >= 4 is 17.7 Å². The maximum Gasteiger partial charge on any atom is 0.351 e. The van der Waals surface area contributed by atoms with Crippen LogP contribution in [0.25, 0.3) is 0 Å². The number of aromatic nitrogens is 2. The highest BCUT2D eigenvalue weighted by molar-refractivity contribution is 5.93. The van der Waals surface area contributed by atoms with E-state index in [0.29, 0.717) is 0 Å². The van der Waals surface area contributed by atoms with E-state index in [9.17, 15) is 24.6 Å². The van der Waals surface area contributed by atoms with Gasteiger partial charge in [-0.1, -0.05) is 7.43 Å². The van der Waals surface area contributed by atoms with Gasteiger partial charge in [0.25, 0.3) is 0 Å². The van der Waals surface area contributed by atoms with E-state index < -0.39 is 61.2 Å². The molecule has 1 aromatic rings. The Morgan fingerprint density at radius 1 is 1.38 bits per heavy atom. The molecule has 0 radical (unpaired) electrons. The fraction of sp³-hybridized carbons (Fsp3) is 0.571. The minimum Gasteiger partial charge on any atom is -0.480 e. The quantitative estimate of drug-likeness (QED) is 0.303. The van der Waals surface area contributed by atoms with E-state index in [2.05, 4.69) is 10.3 Å². The van der Waals surface area contributed by atoms with Gasteiger partial charge in [-0.15, -0.1) is 0 Å². The van der Waals surface area contributed by atoms with Gasteiger partial charge < -0.3 is 36.2 Å². The molecule has 2 rings (SSSR count). The predicted octanol–water partition coefficient (Wildman–Crippen LogP) is -2.77. The molecule has 7 N–H and O–H groups in total. The number of carboxylic acids is 1. The second kappa shape index (κ2) is 8.82. The molecule has 0 aromatic carbocycles. The Hall–Kier alpha value is -2.38. The molecule has 146 valence electrons. The lowest BCUT2D eigenvalue weighted by Gasteiger charge is -2.17. The van der Waals surface area contributed by atoms with Crippen molar-refractivity contribution in [1.82, 2.24) is 9.55 Å². The average molecular weight is 374 g/mol. The Labute approximate surface area is 147 Å². The van der Waals surface area contributed by atoms with Gasteiger partial charge in [0.1, 0.15) is 30.2 Å². The third-order valence-corrected chi connectivity index (χ3v) is 3.61. The van der Waals surface area contributed by atoms with Crippen LogP contribution in [0.5, 0.6) is 0 Å². The van der Waals surface area contributed by atoms with E-state index in [1.165, 1.54) is 12.3 Å². The number of aliphatic hydroxyl groups is 3. The lowest BCUT2D eigenvalue weighted by Crippen LogP contribution is -2.36. The first-order valence-corrected chi connectivity index (χ1v) is 7.24. The summed E-state index contributed by atoms with van der Waals surface area (Å²) >= 11 is 0. The molecule has 1 aliphatic heterocycles. The molecule has 12 heteroatoms. The number of carboxylic acid groups (broad SMARTS) is 1. The lowest BCUT2D eigenvalue weighted by molar-refractivity contribution is -0.140. The second-order valence-corrected chi connectivity index (χ2v) is 5.43. The number of carbonyl (C=O) groups excluding carboxylic acids is 1. The summed E-state index contributed by atoms with van der Waals surface area (Å²) in [4.78, 5) is 37.8. The average Bonchev–Trinajstić information content (AvgIpc) is 2.82. The number of nitrogens with one attached hydrogen (secondary N) is 1. The van der Waals surface area contributed by atoms with Gasteiger partial charge in [0, 0.05) is 6.20 Å². The van der Waals surface area contributed by atoms with E-state index >= 15 is 0 Å². The number of rotatable bonds is 6. The maximum atomic E-state index is 12.0. The molecular weight excluding hydrogens is 352 g/mol. The smallest absolute Gasteiger partial charge is 0.351 e. The van der Waals surface area contributed by atoms with E-state index in [1.54, 1.807) is 0 Å². The van der Waals surface area contributed by atoms with E-state index in [-0.39, 0.29) is 13.2 Å². The lowest BCUT2D eigenvalue weighted by atomic mass is 10.1. The highest BCUT2D eigenvalue weighted by Gasteiger charge is 2.43. The van der Waals surface area contributed by atoms with Crippen molar-refractivity contribution in [2.45, 2.75) is 44.4 Å². The zero-order valence-electron chi connectivity index (χ0n) is 12.8. The molecule has 2 unspecified atom stereocenters. The summed E-state index contributed by atoms with van der Waals surface area (Å²) in [5, 5.41) is 39.5. The van der Waals surface area contributed by atoms with Crippen molar-refractivity contribution in [3.05, 3.63) is 22.7 Å². The Morgan fingerprint density at radius 3 is 2.54 bits per heavy atom. The number of anilines is 1. The van der Waals surface area contributed by atoms with Crippen molar-refractivity contribution in [2.75, 3.05) is 11.9 Å². The van der Waals surface area contributed by atoms with Crippen LogP contribution in [-0.4, -0.2) is 72.8 Å². The molecule has 0 spiro atoms. The molecule has 0 saturated carbocycles. The highest BCUT2D eigenvalue weighted by Crippen LogP contribution is 2.28. The molecular formula is C14H22N4O8. The van der Waals surface area contributed by atoms with Crippen LogP contribution >= 0.6 is 0 Å². The predicted molar refractivity (Wildman–Crippen MR) is 87.1 cm³/mol. The van der Waals surface area contributed by atoms with Crippen LogP contribution in [-0.2, 0) is 14.3 Å². The highest BCUT2D eigenvalue weighted by atomic mass is 16.6. The Balaban J connectivity index is 0.00000338. The summed E-state index contributed by atoms with van der Waals surface area (Å²) in [7, 11) is 0. The fourth-order valence-corrected chi connectivity index (χ4v) is 2.27. The Morgan fingerprint density at radius 2 is 2.04 bits per heavy atom. The van der Waals surface area contributed by atoms with Gasteiger partial charge in [0.2, 0.25) is 5.91 Å². The number of hydrogen-bond donors (Lipinski definition) is 6. The number of ether oxygens (including phenoxy) is 1. The summed E-state index contributed by atoms with van der Waals surface area (Å²) in [6, 6.07) is -0.167. The minimum absolute atomic E-state index is 0. The van der Waals surface area contributed by atoms with Crippen LogP contribution in [0.3, 0.4) is 0 Å². The molecule has 12 nitrogen and oxygen atoms in total. The molecule has 1 amide bonds. The standard InChI is InChI=1S/C13H18N4O8.CH4/c14-5(12(22)23)3-8(19)15-7-1-2-17(13(24)16-7)11-10(21)9(20)6(4-18)25-11;/h1-2,5-6,9-11,18,20-21H,3-4,14H2,(H,22,23)(H,15,16,19,24);1H4/t5?,6-,9?,10-,11-;/m1./s1. The van der Waals surface area contributed by atoms with E-state index in [0.717, 1.165) is 4.57 Å². The number of amides is 1. The van der Waals surface area contributed by atoms with Crippen LogP contribution in [0.4, 0.5) is 5.82 Å². The molecule has 1 aromatic heterocycles. The van der Waals surface area contributed by atoms with Gasteiger partial charge in [0.15, 0.2) is 6.23 Å². The van der Waals surface area contributed by atoms with Crippen LogP contribution in [0, 0.1) is 0 Å². The molecule has 0 bridgehead atoms. The van der Waals surface area contributed by atoms with Crippen LogP contribution in [0.15, 0.2) is 17.1 Å². The van der Waals surface area contributed by atoms with Gasteiger partial charge in [-0.25, -0.2) is 4.79 Å². The normalized spacial score (nSPS) is 26.0. The van der Waals surface area contributed by atoms with Crippen LogP contribution < -0.4 is 16.7 Å². The SMILES string of the molecule is C.NC(CC(=O)Nc1ccn([C@@H]2O[C@H](CO)C(O)[C@H]2O)c(=O)n1)C(=O)O. The maximum absolute atomic E-state index is 12.0. The molecule has 1 fully saturated rings. The Bertz CT molecular complexity index is 708. The zero-order valence-corrected chi connectivity index (χ0v) is 12.8. The largest absolute Gasteiger partial charge is 0.480 e. The third-order valence-electron chi connectivity index (χ3n) is 3.61. The first-order valence-electron chi connectivity index (χ1n) is 7.24. The minimum atomic E-state index is -1.45. The summed E-state index contributed by atoms with van der Waals surface area (Å²) in [6.07, 6.45) is -4.47. The number of aliphatic carboxylic acids is 1.